The molecular formula is C18H31Cl2N3O8P2. The van der Waals surface area contributed by atoms with Crippen LogP contribution in [0.1, 0.15) is 24.8 Å². The van der Waals surface area contributed by atoms with Gasteiger partial charge in [0, 0.05) is 37.1 Å². The van der Waals surface area contributed by atoms with Crippen molar-refractivity contribution in [1.82, 2.24) is 5.32 Å². The Kier molecular flexibility index (Phi) is 12.3. The second kappa shape index (κ2) is 13.4. The molecule has 0 aromatic heterocycles. The highest BCUT2D eigenvalue weighted by Crippen LogP contribution is 2.69. The molecule has 0 heterocycles. The highest BCUT2D eigenvalue weighted by molar-refractivity contribution is 7.72. The Bertz CT molecular complexity index is 839. The minimum absolute atomic E-state index is 0.0458. The van der Waals surface area contributed by atoms with Crippen molar-refractivity contribution in [3.8, 4) is 0 Å². The molecule has 1 amide bonds. The molecule has 190 valence electrons. The average Bonchev–Trinajstić information content (AvgIpc) is 2.71. The van der Waals surface area contributed by atoms with Gasteiger partial charge in [0.25, 0.3) is 5.08 Å². The van der Waals surface area contributed by atoms with Gasteiger partial charge in [-0.1, -0.05) is 12.1 Å². The normalized spacial score (nSPS) is 13.6. The van der Waals surface area contributed by atoms with E-state index in [-0.39, 0.29) is 25.8 Å². The van der Waals surface area contributed by atoms with E-state index in [0.717, 1.165) is 11.3 Å². The van der Waals surface area contributed by atoms with Crippen molar-refractivity contribution in [3.05, 3.63) is 29.8 Å². The van der Waals surface area contributed by atoms with E-state index in [1.54, 1.807) is 0 Å². The lowest BCUT2D eigenvalue weighted by Crippen LogP contribution is -2.42. The molecule has 0 aliphatic carbocycles. The smallest absolute Gasteiger partial charge is 0.369 e. The predicted molar refractivity (Wildman–Crippen MR) is 128 cm³/mol. The van der Waals surface area contributed by atoms with Crippen molar-refractivity contribution in [2.45, 2.75) is 36.8 Å². The van der Waals surface area contributed by atoms with Crippen LogP contribution in [0.5, 0.6) is 0 Å². The summed E-state index contributed by atoms with van der Waals surface area (Å²) in [5.41, 5.74) is 7.71. The van der Waals surface area contributed by atoms with Gasteiger partial charge < -0.3 is 40.6 Å². The number of nitrogens with two attached hydrogens (primary N) is 1. The van der Waals surface area contributed by atoms with Crippen LogP contribution in [0.4, 0.5) is 5.69 Å². The molecule has 11 nitrogen and oxygen atoms in total. The fourth-order valence-corrected chi connectivity index (χ4v) is 5.76. The molecule has 0 bridgehead atoms. The van der Waals surface area contributed by atoms with Crippen LogP contribution in [0.2, 0.25) is 0 Å². The van der Waals surface area contributed by atoms with E-state index in [2.05, 4.69) is 5.32 Å². The maximum Gasteiger partial charge on any atom is 0.369 e. The third-order valence-corrected chi connectivity index (χ3v) is 9.16. The molecule has 1 aromatic rings. The highest BCUT2D eigenvalue weighted by atomic mass is 35.5. The Labute approximate surface area is 202 Å². The largest absolute Gasteiger partial charge is 0.369 e. The first kappa shape index (κ1) is 30.3. The van der Waals surface area contributed by atoms with Gasteiger partial charge in [-0.05, 0) is 43.4 Å². The Morgan fingerprint density at radius 1 is 1.09 bits per heavy atom. The summed E-state index contributed by atoms with van der Waals surface area (Å²) in [6.07, 6.45) is -0.619. The van der Waals surface area contributed by atoms with Gasteiger partial charge in [-0.3, -0.25) is 13.9 Å². The second-order valence-electron chi connectivity index (χ2n) is 7.46. The van der Waals surface area contributed by atoms with Crippen LogP contribution in [0, 0.1) is 0 Å². The van der Waals surface area contributed by atoms with E-state index in [1.807, 2.05) is 29.2 Å². The third-order valence-electron chi connectivity index (χ3n) is 4.95. The van der Waals surface area contributed by atoms with Crippen molar-refractivity contribution >= 4 is 50.0 Å². The number of nitrogens with one attached hydrogen (secondary N) is 1. The number of alkyl halides is 2. The first-order valence-corrected chi connectivity index (χ1v) is 14.4. The third kappa shape index (κ3) is 9.11. The minimum atomic E-state index is -5.49. The van der Waals surface area contributed by atoms with E-state index >= 15 is 0 Å². The van der Waals surface area contributed by atoms with E-state index in [0.29, 0.717) is 24.8 Å². The zero-order chi connectivity index (χ0) is 25.3. The molecular weight excluding hydrogens is 519 g/mol. The molecule has 0 fully saturated rings. The maximum absolute atomic E-state index is 12.3. The summed E-state index contributed by atoms with van der Waals surface area (Å²) in [6, 6.07) is 6.62. The summed E-state index contributed by atoms with van der Waals surface area (Å²) in [7, 11) is -11.0. The standard InChI is InChI=1S/C18H31Cl2N3O8P2/c19-7-10-23(11-8-20)15-5-3-4-14(12-15)13-16(21)17(24)22-9-2-1-6-18(25,32(26,27)28)33(29,30)31/h3-5,12,16,25H,1-2,6-11,13,21H2,(H,22,24)(H2,26,27,28)(H2,29,30,31)/t16-/m0/s1. The first-order valence-electron chi connectivity index (χ1n) is 10.1. The number of amides is 1. The summed E-state index contributed by atoms with van der Waals surface area (Å²) in [5.74, 6) is 0.407. The Balaban J connectivity index is 2.58. The highest BCUT2D eigenvalue weighted by Gasteiger charge is 2.58. The summed E-state index contributed by atoms with van der Waals surface area (Å²) < 4.78 is 22.6. The van der Waals surface area contributed by atoms with Gasteiger partial charge in [-0.25, -0.2) is 0 Å². The van der Waals surface area contributed by atoms with E-state index in [4.69, 9.17) is 48.5 Å². The van der Waals surface area contributed by atoms with Gasteiger partial charge in [-0.15, -0.1) is 23.2 Å². The molecule has 0 saturated heterocycles. The second-order valence-corrected chi connectivity index (χ2v) is 12.2. The number of hydrogen-bond donors (Lipinski definition) is 7. The zero-order valence-corrected chi connectivity index (χ0v) is 21.2. The molecule has 0 unspecified atom stereocenters. The van der Waals surface area contributed by atoms with Crippen molar-refractivity contribution in [2.75, 3.05) is 36.3 Å². The lowest BCUT2D eigenvalue weighted by atomic mass is 10.0. The van der Waals surface area contributed by atoms with Crippen molar-refractivity contribution in [2.24, 2.45) is 5.73 Å². The molecule has 0 spiro atoms. The van der Waals surface area contributed by atoms with E-state index < -0.39 is 38.6 Å². The molecule has 15 heteroatoms. The SMILES string of the molecule is N[C@@H](Cc1cccc(N(CCCl)CCCl)c1)C(=O)NCCCCC(O)(P(=O)(O)O)P(=O)(O)O. The number of unbranched alkanes of at least 4 members (excludes halogenated alkanes) is 1. The number of anilines is 1. The molecule has 8 N–H and O–H groups in total. The number of benzene rings is 1. The monoisotopic (exact) mass is 549 g/mol. The molecule has 1 rings (SSSR count). The number of carbonyl (C=O) groups excluding carboxylic acids is 1. The quantitative estimate of drug-likeness (QED) is 0.0946. The molecule has 1 aromatic carbocycles. The Morgan fingerprint density at radius 2 is 1.67 bits per heavy atom. The first-order chi connectivity index (χ1) is 15.3. The predicted octanol–water partition coefficient (Wildman–Crippen LogP) is 1.13. The summed E-state index contributed by atoms with van der Waals surface area (Å²) in [6.45, 7) is 1.27. The summed E-state index contributed by atoms with van der Waals surface area (Å²) in [5, 5.41) is 8.94. The molecule has 1 atom stereocenters. The molecule has 0 radical (unpaired) electrons. The van der Waals surface area contributed by atoms with Crippen LogP contribution in [0.3, 0.4) is 0 Å². The summed E-state index contributed by atoms with van der Waals surface area (Å²) >= 11 is 11.7. The average molecular weight is 550 g/mol. The number of nitrogens with zero attached hydrogens (tertiary/aromatic N) is 1. The maximum atomic E-state index is 12.3. The topological polar surface area (TPSA) is 194 Å². The van der Waals surface area contributed by atoms with Crippen LogP contribution >= 0.6 is 38.4 Å². The van der Waals surface area contributed by atoms with Crippen LogP contribution in [-0.4, -0.2) is 73.1 Å². The Morgan fingerprint density at radius 3 is 2.18 bits per heavy atom. The van der Waals surface area contributed by atoms with Crippen LogP contribution in [-0.2, 0) is 20.3 Å². The number of aliphatic hydroxyl groups is 1. The number of halogens is 2. The van der Waals surface area contributed by atoms with Crippen molar-refractivity contribution in [1.29, 1.82) is 0 Å². The Hall–Kier alpha value is -0.710. The minimum Gasteiger partial charge on any atom is -0.369 e. The van der Waals surface area contributed by atoms with Crippen LogP contribution in [0.25, 0.3) is 0 Å². The van der Waals surface area contributed by atoms with Gasteiger partial charge >= 0.3 is 15.2 Å². The zero-order valence-electron chi connectivity index (χ0n) is 17.9. The van der Waals surface area contributed by atoms with E-state index in [9.17, 15) is 19.0 Å². The van der Waals surface area contributed by atoms with Crippen LogP contribution in [0.15, 0.2) is 24.3 Å². The van der Waals surface area contributed by atoms with Crippen molar-refractivity contribution in [3.63, 3.8) is 0 Å². The number of rotatable bonds is 15. The lowest BCUT2D eigenvalue weighted by Gasteiger charge is -2.29. The van der Waals surface area contributed by atoms with Crippen molar-refractivity contribution < 1.29 is 38.6 Å². The number of carbonyl (C=O) groups is 1. The molecule has 0 saturated carbocycles. The molecule has 0 aliphatic heterocycles. The van der Waals surface area contributed by atoms with Gasteiger partial charge in [-0.2, -0.15) is 0 Å². The van der Waals surface area contributed by atoms with Crippen LogP contribution < -0.4 is 16.0 Å². The number of hydrogen-bond acceptors (Lipinski definition) is 6. The fourth-order valence-electron chi connectivity index (χ4n) is 3.09. The van der Waals surface area contributed by atoms with Gasteiger partial charge in [0.05, 0.1) is 6.04 Å². The van der Waals surface area contributed by atoms with Gasteiger partial charge in [0.2, 0.25) is 5.91 Å². The molecule has 33 heavy (non-hydrogen) atoms. The summed E-state index contributed by atoms with van der Waals surface area (Å²) in [4.78, 5) is 50.7. The lowest BCUT2D eigenvalue weighted by molar-refractivity contribution is -0.122. The fraction of sp³-hybridized carbons (Fsp3) is 0.611. The van der Waals surface area contributed by atoms with Gasteiger partial charge in [0.15, 0.2) is 0 Å². The van der Waals surface area contributed by atoms with E-state index in [1.165, 1.54) is 0 Å². The van der Waals surface area contributed by atoms with Gasteiger partial charge in [0.1, 0.15) is 0 Å². The molecule has 0 aliphatic rings.